The highest BCUT2D eigenvalue weighted by Gasteiger charge is 2.40. The average molecular weight is 356 g/mol. The summed E-state index contributed by atoms with van der Waals surface area (Å²) >= 11 is 0.932. The van der Waals surface area contributed by atoms with Gasteiger partial charge in [-0.25, -0.2) is 13.4 Å². The van der Waals surface area contributed by atoms with Crippen LogP contribution in [0.15, 0.2) is 20.5 Å². The van der Waals surface area contributed by atoms with Crippen molar-refractivity contribution in [2.24, 2.45) is 0 Å². The third kappa shape index (κ3) is 2.37. The second kappa shape index (κ2) is 5.06. The maximum atomic E-state index is 12.5. The van der Waals surface area contributed by atoms with Gasteiger partial charge in [0.05, 0.1) is 5.01 Å². The molecule has 2 aromatic rings. The van der Waals surface area contributed by atoms with Crippen molar-refractivity contribution >= 4 is 38.8 Å². The number of aromatic nitrogens is 2. The summed E-state index contributed by atoms with van der Waals surface area (Å²) in [5.41, 5.74) is -0.546. The molecule has 122 valence electrons. The molecular weight excluding hydrogens is 344 g/mol. The van der Waals surface area contributed by atoms with Crippen molar-refractivity contribution in [1.29, 1.82) is 0 Å². The number of carbonyl (C=O) groups is 1. The van der Waals surface area contributed by atoms with Gasteiger partial charge in [-0.2, -0.15) is 0 Å². The molecule has 3 heterocycles. The molecule has 0 bridgehead atoms. The zero-order chi connectivity index (χ0) is 16.9. The molecule has 0 fully saturated rings. The summed E-state index contributed by atoms with van der Waals surface area (Å²) in [7, 11) is -2.76. The van der Waals surface area contributed by atoms with Crippen LogP contribution in [0.25, 0.3) is 5.76 Å². The smallest absolute Gasteiger partial charge is 0.278 e. The molecule has 1 aliphatic heterocycles. The second-order valence-electron chi connectivity index (χ2n) is 4.82. The summed E-state index contributed by atoms with van der Waals surface area (Å²) in [6.45, 7) is 3.25. The minimum atomic E-state index is -3.95. The van der Waals surface area contributed by atoms with Gasteiger partial charge in [-0.1, -0.05) is 5.16 Å². The lowest BCUT2D eigenvalue weighted by Crippen LogP contribution is -2.36. The number of amides is 1. The molecule has 0 unspecified atom stereocenters. The molecule has 0 saturated heterocycles. The number of hydrogen-bond acceptors (Lipinski definition) is 8. The first-order valence-corrected chi connectivity index (χ1v) is 8.62. The fraction of sp³-hybridized carbons (Fsp3) is 0.250. The lowest BCUT2D eigenvalue weighted by atomic mass is 10.2. The molecule has 0 aliphatic carbocycles. The van der Waals surface area contributed by atoms with Crippen LogP contribution in [0.5, 0.6) is 0 Å². The molecule has 11 heteroatoms. The van der Waals surface area contributed by atoms with E-state index >= 15 is 0 Å². The molecule has 2 N–H and O–H groups in total. The number of carbonyl (C=O) groups excluding carboxylic acids is 1. The van der Waals surface area contributed by atoms with Gasteiger partial charge in [-0.3, -0.25) is 9.10 Å². The number of aryl methyl sites for hydroxylation is 2. The Morgan fingerprint density at radius 3 is 2.74 bits per heavy atom. The van der Waals surface area contributed by atoms with Crippen LogP contribution >= 0.6 is 11.3 Å². The number of anilines is 1. The van der Waals surface area contributed by atoms with E-state index in [4.69, 9.17) is 4.52 Å². The topological polar surface area (TPSA) is 126 Å². The number of aliphatic hydroxyl groups excluding tert-OH is 1. The van der Waals surface area contributed by atoms with Crippen LogP contribution in [0.1, 0.15) is 16.5 Å². The molecule has 0 atom stereocenters. The minimum Gasteiger partial charge on any atom is -0.504 e. The fourth-order valence-electron chi connectivity index (χ4n) is 2.09. The Bertz CT molecular complexity index is 941. The van der Waals surface area contributed by atoms with E-state index in [-0.39, 0.29) is 15.7 Å². The summed E-state index contributed by atoms with van der Waals surface area (Å²) in [5, 5.41) is 16.7. The normalized spacial score (nSPS) is 16.4. The zero-order valence-corrected chi connectivity index (χ0v) is 13.9. The molecule has 0 radical (unpaired) electrons. The molecular formula is C12H12N4O5S2. The lowest BCUT2D eigenvalue weighted by molar-refractivity contribution is -0.113. The Kier molecular flexibility index (Phi) is 3.41. The number of nitrogens with one attached hydrogen (secondary N) is 1. The minimum absolute atomic E-state index is 0.0937. The summed E-state index contributed by atoms with van der Waals surface area (Å²) in [6.07, 6.45) is 0. The third-order valence-electron chi connectivity index (χ3n) is 3.15. The predicted octanol–water partition coefficient (Wildman–Crippen LogP) is 1.25. The average Bonchev–Trinajstić information content (AvgIpc) is 3.04. The molecule has 0 saturated carbocycles. The summed E-state index contributed by atoms with van der Waals surface area (Å²) in [5.74, 6) is -0.753. The monoisotopic (exact) mass is 356 g/mol. The molecule has 2 aromatic heterocycles. The third-order valence-corrected chi connectivity index (χ3v) is 6.36. The largest absolute Gasteiger partial charge is 0.504 e. The lowest BCUT2D eigenvalue weighted by Gasteiger charge is -2.25. The van der Waals surface area contributed by atoms with Gasteiger partial charge >= 0.3 is 0 Å². The van der Waals surface area contributed by atoms with Crippen molar-refractivity contribution in [2.75, 3.05) is 12.4 Å². The first kappa shape index (κ1) is 15.5. The molecule has 0 aromatic carbocycles. The first-order chi connectivity index (χ1) is 10.7. The number of likely N-dealkylation sites (N-methyl/N-ethyl adjacent to an activating group) is 1. The summed E-state index contributed by atoms with van der Waals surface area (Å²) < 4.78 is 30.4. The molecule has 1 amide bonds. The summed E-state index contributed by atoms with van der Waals surface area (Å²) in [4.78, 5) is 16.4. The van der Waals surface area contributed by atoms with Gasteiger partial charge in [-0.15, -0.1) is 11.3 Å². The van der Waals surface area contributed by atoms with E-state index < -0.39 is 27.4 Å². The molecule has 9 nitrogen and oxygen atoms in total. The van der Waals surface area contributed by atoms with E-state index in [0.29, 0.717) is 10.8 Å². The van der Waals surface area contributed by atoms with E-state index in [1.807, 2.05) is 0 Å². The van der Waals surface area contributed by atoms with Gasteiger partial charge in [-0.05, 0) is 13.8 Å². The second-order valence-corrected chi connectivity index (χ2v) is 8.18. The number of rotatable bonds is 2. The number of sulfonamides is 1. The highest BCUT2D eigenvalue weighted by atomic mass is 32.2. The SMILES string of the molecule is Cc1cc(NC(=O)C2=C(O)c3nc(C)sc3S(=O)(=O)N2C)no1. The van der Waals surface area contributed by atoms with Crippen molar-refractivity contribution in [3.8, 4) is 0 Å². The van der Waals surface area contributed by atoms with Crippen LogP contribution in [-0.4, -0.2) is 40.9 Å². The molecule has 1 aliphatic rings. The maximum Gasteiger partial charge on any atom is 0.278 e. The molecule has 23 heavy (non-hydrogen) atoms. The van der Waals surface area contributed by atoms with E-state index in [0.717, 1.165) is 15.6 Å². The standard InChI is InChI=1S/C12H12N4O5S2/c1-5-4-7(15-21-5)14-11(18)9-10(17)8-12(22-6(2)13-8)23(19,20)16(9)3/h4,17H,1-3H3,(H,14,15,18). The van der Waals surface area contributed by atoms with Crippen molar-refractivity contribution in [1.82, 2.24) is 14.4 Å². The summed E-state index contributed by atoms with van der Waals surface area (Å²) in [6, 6.07) is 1.46. The van der Waals surface area contributed by atoms with E-state index in [2.05, 4.69) is 15.5 Å². The highest BCUT2D eigenvalue weighted by molar-refractivity contribution is 7.91. The van der Waals surface area contributed by atoms with Crippen LogP contribution in [0.2, 0.25) is 0 Å². The Hall–Kier alpha value is -2.40. The Morgan fingerprint density at radius 2 is 2.13 bits per heavy atom. The van der Waals surface area contributed by atoms with Crippen molar-refractivity contribution in [2.45, 2.75) is 18.1 Å². The Labute approximate surface area is 135 Å². The number of thiazole rings is 1. The zero-order valence-electron chi connectivity index (χ0n) is 12.3. The van der Waals surface area contributed by atoms with Crippen molar-refractivity contribution in [3.05, 3.63) is 28.2 Å². The molecule has 3 rings (SSSR count). The van der Waals surface area contributed by atoms with Gasteiger partial charge in [0.2, 0.25) is 0 Å². The molecule has 0 spiro atoms. The Balaban J connectivity index is 2.08. The predicted molar refractivity (Wildman–Crippen MR) is 81.2 cm³/mol. The number of fused-ring (bicyclic) bond motifs is 1. The van der Waals surface area contributed by atoms with Gasteiger partial charge in [0.25, 0.3) is 15.9 Å². The van der Waals surface area contributed by atoms with Crippen molar-refractivity contribution in [3.63, 3.8) is 0 Å². The van der Waals surface area contributed by atoms with Crippen LogP contribution in [-0.2, 0) is 14.8 Å². The van der Waals surface area contributed by atoms with E-state index in [9.17, 15) is 18.3 Å². The number of nitrogens with zero attached hydrogens (tertiary/aromatic N) is 3. The fourth-order valence-corrected chi connectivity index (χ4v) is 4.90. The Morgan fingerprint density at radius 1 is 1.43 bits per heavy atom. The maximum absolute atomic E-state index is 12.5. The van der Waals surface area contributed by atoms with Crippen LogP contribution in [0.4, 0.5) is 5.82 Å². The first-order valence-electron chi connectivity index (χ1n) is 6.36. The van der Waals surface area contributed by atoms with E-state index in [1.165, 1.54) is 13.1 Å². The number of hydrogen-bond donors (Lipinski definition) is 2. The van der Waals surface area contributed by atoms with Crippen LogP contribution in [0, 0.1) is 13.8 Å². The number of aliphatic hydroxyl groups is 1. The van der Waals surface area contributed by atoms with Crippen LogP contribution < -0.4 is 5.32 Å². The van der Waals surface area contributed by atoms with Gasteiger partial charge in [0, 0.05) is 13.1 Å². The van der Waals surface area contributed by atoms with Gasteiger partial charge < -0.3 is 14.9 Å². The van der Waals surface area contributed by atoms with Crippen molar-refractivity contribution < 1.29 is 22.8 Å². The van der Waals surface area contributed by atoms with Gasteiger partial charge in [0.1, 0.15) is 11.5 Å². The highest BCUT2D eigenvalue weighted by Crippen LogP contribution is 2.37. The van der Waals surface area contributed by atoms with Gasteiger partial charge in [0.15, 0.2) is 21.5 Å². The van der Waals surface area contributed by atoms with E-state index in [1.54, 1.807) is 13.8 Å². The van der Waals surface area contributed by atoms with Crippen LogP contribution in [0.3, 0.4) is 0 Å². The quantitative estimate of drug-likeness (QED) is 0.829.